The fourth-order valence-electron chi connectivity index (χ4n) is 3.30. The van der Waals surface area contributed by atoms with Gasteiger partial charge in [-0.05, 0) is 49.3 Å². The van der Waals surface area contributed by atoms with Crippen LogP contribution in [0.4, 0.5) is 0 Å². The molecule has 0 bridgehead atoms. The van der Waals surface area contributed by atoms with Crippen LogP contribution in [-0.4, -0.2) is 35.8 Å². The summed E-state index contributed by atoms with van der Waals surface area (Å²) in [5.74, 6) is -0.0554. The van der Waals surface area contributed by atoms with Crippen LogP contribution in [-0.2, 0) is 28.9 Å². The third-order valence-electron chi connectivity index (χ3n) is 5.26. The molecule has 1 N–H and O–H groups in total. The van der Waals surface area contributed by atoms with Gasteiger partial charge in [-0.2, -0.15) is 0 Å². The summed E-state index contributed by atoms with van der Waals surface area (Å²) < 4.78 is 0. The van der Waals surface area contributed by atoms with E-state index in [0.29, 0.717) is 25.9 Å². The van der Waals surface area contributed by atoms with Crippen molar-refractivity contribution in [3.63, 3.8) is 0 Å². The summed E-state index contributed by atoms with van der Waals surface area (Å²) in [5.41, 5.74) is 3.62. The number of hydrogen-bond acceptors (Lipinski definition) is 2. The molecule has 0 aliphatic carbocycles. The monoisotopic (exact) mass is 394 g/mol. The van der Waals surface area contributed by atoms with Gasteiger partial charge in [0.15, 0.2) is 0 Å². The SMILES string of the molecule is CCCNC(=O)C(C)N(CCc1ccccc1)C(=O)CCc1ccc(CC)cc1. The molecule has 0 radical (unpaired) electrons. The van der Waals surface area contributed by atoms with Crippen LogP contribution in [0, 0.1) is 0 Å². The molecule has 1 unspecified atom stereocenters. The second-order valence-corrected chi connectivity index (χ2v) is 7.46. The number of amides is 2. The molecule has 0 aliphatic heterocycles. The number of hydrogen-bond donors (Lipinski definition) is 1. The number of benzene rings is 2. The molecule has 0 saturated heterocycles. The molecule has 4 nitrogen and oxygen atoms in total. The van der Waals surface area contributed by atoms with E-state index >= 15 is 0 Å². The molecule has 2 aromatic rings. The van der Waals surface area contributed by atoms with E-state index in [1.54, 1.807) is 4.90 Å². The lowest BCUT2D eigenvalue weighted by Gasteiger charge is -2.29. The first-order chi connectivity index (χ1) is 14.0. The predicted molar refractivity (Wildman–Crippen MR) is 119 cm³/mol. The largest absolute Gasteiger partial charge is 0.354 e. The summed E-state index contributed by atoms with van der Waals surface area (Å²) in [6.45, 7) is 7.15. The van der Waals surface area contributed by atoms with Gasteiger partial charge in [-0.3, -0.25) is 9.59 Å². The molecule has 156 valence electrons. The van der Waals surface area contributed by atoms with Gasteiger partial charge in [0, 0.05) is 19.5 Å². The van der Waals surface area contributed by atoms with Crippen molar-refractivity contribution in [1.29, 1.82) is 0 Å². The number of aryl methyl sites for hydroxylation is 2. The topological polar surface area (TPSA) is 49.4 Å². The van der Waals surface area contributed by atoms with Crippen LogP contribution in [0.3, 0.4) is 0 Å². The van der Waals surface area contributed by atoms with E-state index in [1.807, 2.05) is 32.0 Å². The lowest BCUT2D eigenvalue weighted by Crippen LogP contribution is -2.49. The van der Waals surface area contributed by atoms with Gasteiger partial charge in [0.25, 0.3) is 0 Å². The number of nitrogens with zero attached hydrogens (tertiary/aromatic N) is 1. The number of nitrogens with one attached hydrogen (secondary N) is 1. The van der Waals surface area contributed by atoms with E-state index in [4.69, 9.17) is 0 Å². The number of rotatable bonds is 11. The summed E-state index contributed by atoms with van der Waals surface area (Å²) in [6, 6.07) is 18.0. The van der Waals surface area contributed by atoms with Crippen LogP contribution < -0.4 is 5.32 Å². The van der Waals surface area contributed by atoms with Crippen LogP contribution in [0.25, 0.3) is 0 Å². The highest BCUT2D eigenvalue weighted by atomic mass is 16.2. The highest BCUT2D eigenvalue weighted by Crippen LogP contribution is 2.12. The Balaban J connectivity index is 2.02. The summed E-state index contributed by atoms with van der Waals surface area (Å²) >= 11 is 0. The fraction of sp³-hybridized carbons (Fsp3) is 0.440. The van der Waals surface area contributed by atoms with Gasteiger partial charge in [-0.1, -0.05) is 68.4 Å². The van der Waals surface area contributed by atoms with Crippen molar-refractivity contribution in [2.24, 2.45) is 0 Å². The maximum absolute atomic E-state index is 13.0. The molecule has 0 saturated carbocycles. The Morgan fingerprint density at radius 3 is 2.14 bits per heavy atom. The zero-order chi connectivity index (χ0) is 21.1. The van der Waals surface area contributed by atoms with Crippen LogP contribution in [0.2, 0.25) is 0 Å². The minimum Gasteiger partial charge on any atom is -0.354 e. The molecular formula is C25H34N2O2. The molecular weight excluding hydrogens is 360 g/mol. The average Bonchev–Trinajstić information content (AvgIpc) is 2.77. The Morgan fingerprint density at radius 2 is 1.52 bits per heavy atom. The fourth-order valence-corrected chi connectivity index (χ4v) is 3.30. The summed E-state index contributed by atoms with van der Waals surface area (Å²) in [5, 5.41) is 2.92. The lowest BCUT2D eigenvalue weighted by molar-refractivity contribution is -0.139. The average molecular weight is 395 g/mol. The van der Waals surface area contributed by atoms with Crippen molar-refractivity contribution < 1.29 is 9.59 Å². The van der Waals surface area contributed by atoms with Crippen molar-refractivity contribution in [2.75, 3.05) is 13.1 Å². The first-order valence-corrected chi connectivity index (χ1v) is 10.7. The highest BCUT2D eigenvalue weighted by molar-refractivity contribution is 5.87. The Morgan fingerprint density at radius 1 is 0.897 bits per heavy atom. The Labute approximate surface area is 175 Å². The first-order valence-electron chi connectivity index (χ1n) is 10.7. The quantitative estimate of drug-likeness (QED) is 0.622. The number of carbonyl (C=O) groups excluding carboxylic acids is 2. The molecule has 1 atom stereocenters. The van der Waals surface area contributed by atoms with E-state index in [0.717, 1.165) is 24.8 Å². The van der Waals surface area contributed by atoms with Gasteiger partial charge >= 0.3 is 0 Å². The van der Waals surface area contributed by atoms with E-state index in [1.165, 1.54) is 11.1 Å². The second-order valence-electron chi connectivity index (χ2n) is 7.46. The van der Waals surface area contributed by atoms with Crippen LogP contribution in [0.1, 0.15) is 50.3 Å². The zero-order valence-electron chi connectivity index (χ0n) is 18.0. The van der Waals surface area contributed by atoms with E-state index < -0.39 is 6.04 Å². The van der Waals surface area contributed by atoms with Gasteiger partial charge in [0.05, 0.1) is 0 Å². The minimum atomic E-state index is -0.472. The Bertz CT molecular complexity index is 756. The predicted octanol–water partition coefficient (Wildman–Crippen LogP) is 4.17. The molecule has 29 heavy (non-hydrogen) atoms. The van der Waals surface area contributed by atoms with Crippen molar-refractivity contribution in [1.82, 2.24) is 10.2 Å². The van der Waals surface area contributed by atoms with Crippen molar-refractivity contribution >= 4 is 11.8 Å². The smallest absolute Gasteiger partial charge is 0.242 e. The van der Waals surface area contributed by atoms with Crippen molar-refractivity contribution in [2.45, 2.75) is 58.9 Å². The molecule has 2 amide bonds. The third kappa shape index (κ3) is 7.37. The number of carbonyl (C=O) groups is 2. The third-order valence-corrected chi connectivity index (χ3v) is 5.26. The van der Waals surface area contributed by atoms with Crippen LogP contribution in [0.5, 0.6) is 0 Å². The first kappa shape index (κ1) is 22.7. The standard InChI is InChI=1S/C25H34N2O2/c1-4-18-26-25(29)20(3)27(19-17-22-9-7-6-8-10-22)24(28)16-15-23-13-11-21(5-2)12-14-23/h6-14,20H,4-5,15-19H2,1-3H3,(H,26,29). The van der Waals surface area contributed by atoms with E-state index in [9.17, 15) is 9.59 Å². The second kappa shape index (κ2) is 12.1. The summed E-state index contributed by atoms with van der Waals surface area (Å²) in [7, 11) is 0. The Hall–Kier alpha value is -2.62. The van der Waals surface area contributed by atoms with E-state index in [2.05, 4.69) is 48.6 Å². The molecule has 4 heteroatoms. The van der Waals surface area contributed by atoms with Crippen LogP contribution in [0.15, 0.2) is 54.6 Å². The molecule has 2 rings (SSSR count). The molecule has 0 aliphatic rings. The van der Waals surface area contributed by atoms with Crippen molar-refractivity contribution in [3.05, 3.63) is 71.3 Å². The maximum Gasteiger partial charge on any atom is 0.242 e. The van der Waals surface area contributed by atoms with Crippen molar-refractivity contribution in [3.8, 4) is 0 Å². The summed E-state index contributed by atoms with van der Waals surface area (Å²) in [6.07, 6.45) is 3.73. The lowest BCUT2D eigenvalue weighted by atomic mass is 10.0. The molecule has 0 spiro atoms. The molecule has 2 aromatic carbocycles. The highest BCUT2D eigenvalue weighted by Gasteiger charge is 2.25. The Kier molecular flexibility index (Phi) is 9.42. The zero-order valence-corrected chi connectivity index (χ0v) is 18.0. The molecule has 0 heterocycles. The molecule has 0 aromatic heterocycles. The van der Waals surface area contributed by atoms with Gasteiger partial charge < -0.3 is 10.2 Å². The van der Waals surface area contributed by atoms with Gasteiger partial charge in [-0.25, -0.2) is 0 Å². The van der Waals surface area contributed by atoms with Gasteiger partial charge in [0.2, 0.25) is 11.8 Å². The van der Waals surface area contributed by atoms with Gasteiger partial charge in [-0.15, -0.1) is 0 Å². The summed E-state index contributed by atoms with van der Waals surface area (Å²) in [4.78, 5) is 27.3. The van der Waals surface area contributed by atoms with Gasteiger partial charge in [0.1, 0.15) is 6.04 Å². The normalized spacial score (nSPS) is 11.7. The maximum atomic E-state index is 13.0. The van der Waals surface area contributed by atoms with E-state index in [-0.39, 0.29) is 11.8 Å². The minimum absolute atomic E-state index is 0.0275. The molecule has 0 fully saturated rings. The van der Waals surface area contributed by atoms with Crippen LogP contribution >= 0.6 is 0 Å².